The van der Waals surface area contributed by atoms with Gasteiger partial charge in [0.05, 0.1) is 6.26 Å². The number of carboxylic acids is 1. The van der Waals surface area contributed by atoms with E-state index in [1.165, 1.54) is 19.3 Å². The third-order valence-corrected chi connectivity index (χ3v) is 3.18. The van der Waals surface area contributed by atoms with Crippen LogP contribution in [0.4, 0.5) is 4.79 Å². The third-order valence-electron chi connectivity index (χ3n) is 3.18. The summed E-state index contributed by atoms with van der Waals surface area (Å²) < 4.78 is 5.10. The summed E-state index contributed by atoms with van der Waals surface area (Å²) in [6, 6.07) is 2.57. The van der Waals surface area contributed by atoms with Gasteiger partial charge in [-0.05, 0) is 38.3 Å². The Morgan fingerprint density at radius 2 is 2.19 bits per heavy atom. The van der Waals surface area contributed by atoms with Gasteiger partial charge in [-0.1, -0.05) is 12.5 Å². The van der Waals surface area contributed by atoms with Crippen molar-refractivity contribution in [2.75, 3.05) is 6.54 Å². The van der Waals surface area contributed by atoms with Crippen molar-refractivity contribution in [2.24, 2.45) is 0 Å². The van der Waals surface area contributed by atoms with E-state index in [0.717, 1.165) is 25.7 Å². The molecule has 0 fully saturated rings. The van der Waals surface area contributed by atoms with E-state index in [0.29, 0.717) is 6.54 Å². The van der Waals surface area contributed by atoms with Crippen LogP contribution in [0, 0.1) is 0 Å². The van der Waals surface area contributed by atoms with E-state index >= 15 is 0 Å². The molecule has 6 nitrogen and oxygen atoms in total. The highest BCUT2D eigenvalue weighted by atomic mass is 16.4. The summed E-state index contributed by atoms with van der Waals surface area (Å²) in [7, 11) is 0. The maximum Gasteiger partial charge on any atom is 0.337 e. The zero-order valence-electron chi connectivity index (χ0n) is 12.2. The van der Waals surface area contributed by atoms with Crippen molar-refractivity contribution in [1.82, 2.24) is 10.6 Å². The summed E-state index contributed by atoms with van der Waals surface area (Å²) in [4.78, 5) is 23.2. The Kier molecular flexibility index (Phi) is 6.52. The van der Waals surface area contributed by atoms with Gasteiger partial charge < -0.3 is 20.2 Å². The number of carboxylic acid groups (broad SMARTS) is 1. The second-order valence-electron chi connectivity index (χ2n) is 4.93. The summed E-state index contributed by atoms with van der Waals surface area (Å²) in [5, 5.41) is 14.4. The number of furan rings is 1. The number of hydrogen-bond acceptors (Lipinski definition) is 3. The highest BCUT2D eigenvalue weighted by Crippen LogP contribution is 2.21. The molecule has 0 aromatic carbocycles. The summed E-state index contributed by atoms with van der Waals surface area (Å²) in [6.07, 6.45) is 7.05. The topological polar surface area (TPSA) is 91.6 Å². The number of rotatable bonds is 9. The van der Waals surface area contributed by atoms with Crippen LogP contribution in [-0.2, 0) is 10.3 Å². The number of urea groups is 1. The molecule has 21 heavy (non-hydrogen) atoms. The van der Waals surface area contributed by atoms with E-state index in [4.69, 9.17) is 4.42 Å². The molecule has 1 atom stereocenters. The Morgan fingerprint density at radius 3 is 2.76 bits per heavy atom. The van der Waals surface area contributed by atoms with Crippen molar-refractivity contribution < 1.29 is 19.1 Å². The van der Waals surface area contributed by atoms with Crippen LogP contribution in [0.1, 0.15) is 38.4 Å². The molecule has 3 N–H and O–H groups in total. The first-order valence-corrected chi connectivity index (χ1v) is 6.95. The molecule has 0 radical (unpaired) electrons. The summed E-state index contributed by atoms with van der Waals surface area (Å²) in [5.74, 6) is -1.00. The van der Waals surface area contributed by atoms with E-state index in [2.05, 4.69) is 17.2 Å². The van der Waals surface area contributed by atoms with Gasteiger partial charge >= 0.3 is 12.0 Å². The molecule has 1 aromatic rings. The number of nitrogens with one attached hydrogen (secondary N) is 2. The Morgan fingerprint density at radius 1 is 1.43 bits per heavy atom. The number of carbonyl (C=O) groups is 2. The number of allylic oxidation sites excluding steroid dienone is 1. The van der Waals surface area contributed by atoms with Crippen molar-refractivity contribution in [1.29, 1.82) is 0 Å². The van der Waals surface area contributed by atoms with Gasteiger partial charge in [0.1, 0.15) is 5.76 Å². The highest BCUT2D eigenvalue weighted by Gasteiger charge is 2.39. The van der Waals surface area contributed by atoms with Crippen molar-refractivity contribution in [3.63, 3.8) is 0 Å². The Bertz CT molecular complexity index is 470. The molecule has 0 spiro atoms. The van der Waals surface area contributed by atoms with E-state index in [1.807, 2.05) is 6.08 Å². The standard InChI is InChI=1S/C15H22N2O4/c1-3-4-5-6-7-10-16-14(20)17-15(2,13(18)19)12-9-8-11-21-12/h3,8-9,11H,1,4-7,10H2,2H3,(H,18,19)(H2,16,17,20). The quantitative estimate of drug-likeness (QED) is 0.482. The van der Waals surface area contributed by atoms with Gasteiger partial charge in [0.25, 0.3) is 0 Å². The van der Waals surface area contributed by atoms with Gasteiger partial charge in [-0.2, -0.15) is 0 Å². The largest absolute Gasteiger partial charge is 0.479 e. The lowest BCUT2D eigenvalue weighted by atomic mass is 9.99. The minimum absolute atomic E-state index is 0.177. The number of aliphatic carboxylic acids is 1. The molecular weight excluding hydrogens is 272 g/mol. The molecule has 6 heteroatoms. The molecule has 2 amide bonds. The third kappa shape index (κ3) is 4.98. The lowest BCUT2D eigenvalue weighted by molar-refractivity contribution is -0.144. The van der Waals surface area contributed by atoms with Crippen LogP contribution in [0.3, 0.4) is 0 Å². The van der Waals surface area contributed by atoms with Crippen molar-refractivity contribution >= 4 is 12.0 Å². The van der Waals surface area contributed by atoms with E-state index in [1.54, 1.807) is 6.07 Å². The predicted octanol–water partition coefficient (Wildman–Crippen LogP) is 2.63. The molecule has 0 saturated carbocycles. The monoisotopic (exact) mass is 294 g/mol. The molecule has 1 rings (SSSR count). The zero-order chi connectivity index (χ0) is 15.7. The maximum atomic E-state index is 11.8. The number of carbonyl (C=O) groups excluding carboxylic acids is 1. The SMILES string of the molecule is C=CCCCCCNC(=O)NC(C)(C(=O)O)c1ccco1. The fraction of sp³-hybridized carbons (Fsp3) is 0.467. The Labute approximate surface area is 124 Å². The summed E-state index contributed by atoms with van der Waals surface area (Å²) in [5.41, 5.74) is -1.59. The first-order valence-electron chi connectivity index (χ1n) is 6.95. The summed E-state index contributed by atoms with van der Waals surface area (Å²) >= 11 is 0. The van der Waals surface area contributed by atoms with E-state index in [-0.39, 0.29) is 5.76 Å². The van der Waals surface area contributed by atoms with Crippen LogP contribution < -0.4 is 10.6 Å². The molecule has 1 heterocycles. The smallest absolute Gasteiger partial charge is 0.337 e. The normalized spacial score (nSPS) is 13.2. The lowest BCUT2D eigenvalue weighted by Gasteiger charge is -2.24. The first-order chi connectivity index (χ1) is 10.0. The van der Waals surface area contributed by atoms with Crippen LogP contribution in [0.15, 0.2) is 35.5 Å². The van der Waals surface area contributed by atoms with Gasteiger partial charge in [-0.15, -0.1) is 6.58 Å². The Balaban J connectivity index is 2.44. The van der Waals surface area contributed by atoms with Crippen LogP contribution in [0.5, 0.6) is 0 Å². The maximum absolute atomic E-state index is 11.8. The molecule has 1 unspecified atom stereocenters. The second kappa shape index (κ2) is 8.14. The van der Waals surface area contributed by atoms with Gasteiger partial charge in [0, 0.05) is 6.54 Å². The number of hydrogen-bond donors (Lipinski definition) is 3. The molecule has 0 aliphatic heterocycles. The first kappa shape index (κ1) is 16.8. The van der Waals surface area contributed by atoms with Crippen molar-refractivity contribution in [2.45, 2.75) is 38.1 Å². The van der Waals surface area contributed by atoms with Crippen LogP contribution in [0.25, 0.3) is 0 Å². The van der Waals surface area contributed by atoms with Gasteiger partial charge in [-0.3, -0.25) is 0 Å². The van der Waals surface area contributed by atoms with E-state index in [9.17, 15) is 14.7 Å². The molecule has 0 aliphatic rings. The molecule has 1 aromatic heterocycles. The lowest BCUT2D eigenvalue weighted by Crippen LogP contribution is -2.52. The van der Waals surface area contributed by atoms with Gasteiger partial charge in [0.15, 0.2) is 5.54 Å². The molecule has 0 aliphatic carbocycles. The second-order valence-corrected chi connectivity index (χ2v) is 4.93. The van der Waals surface area contributed by atoms with Crippen LogP contribution in [0.2, 0.25) is 0 Å². The average molecular weight is 294 g/mol. The highest BCUT2D eigenvalue weighted by molar-refractivity contribution is 5.86. The van der Waals surface area contributed by atoms with E-state index < -0.39 is 17.5 Å². The number of unbranched alkanes of at least 4 members (excludes halogenated alkanes) is 3. The van der Waals surface area contributed by atoms with Crippen LogP contribution >= 0.6 is 0 Å². The summed E-state index contributed by atoms with van der Waals surface area (Å²) in [6.45, 7) is 5.53. The molecule has 116 valence electrons. The molecule has 0 saturated heterocycles. The average Bonchev–Trinajstić information content (AvgIpc) is 2.97. The zero-order valence-corrected chi connectivity index (χ0v) is 12.2. The van der Waals surface area contributed by atoms with Crippen LogP contribution in [-0.4, -0.2) is 23.7 Å². The van der Waals surface area contributed by atoms with Crippen molar-refractivity contribution in [3.05, 3.63) is 36.8 Å². The van der Waals surface area contributed by atoms with Gasteiger partial charge in [-0.25, -0.2) is 9.59 Å². The number of amides is 2. The van der Waals surface area contributed by atoms with Gasteiger partial charge in [0.2, 0.25) is 0 Å². The fourth-order valence-corrected chi connectivity index (χ4v) is 1.85. The van der Waals surface area contributed by atoms with Crippen molar-refractivity contribution in [3.8, 4) is 0 Å². The minimum Gasteiger partial charge on any atom is -0.479 e. The predicted molar refractivity (Wildman–Crippen MR) is 78.9 cm³/mol. The Hall–Kier alpha value is -2.24. The fourth-order valence-electron chi connectivity index (χ4n) is 1.85. The molecular formula is C15H22N2O4. The minimum atomic E-state index is -1.59. The molecule has 0 bridgehead atoms.